The van der Waals surface area contributed by atoms with E-state index in [2.05, 4.69) is 20.6 Å². The van der Waals surface area contributed by atoms with Crippen LogP contribution in [0.3, 0.4) is 0 Å². The Morgan fingerprint density at radius 3 is 1.31 bits per heavy atom. The normalized spacial score (nSPS) is 24.8. The molecule has 2 aliphatic heterocycles. The lowest BCUT2D eigenvalue weighted by Gasteiger charge is -2.43. The molecule has 2 aromatic rings. The number of alkyl halides is 6. The molecule has 1 unspecified atom stereocenters. The number of hydrogen-bond donors (Lipinski definition) is 7. The second-order valence-corrected chi connectivity index (χ2v) is 27.5. The highest BCUT2D eigenvalue weighted by Gasteiger charge is 2.61. The number of hydrogen-bond acceptors (Lipinski definition) is 16. The number of carbonyl (C=O) groups is 8. The number of carboxylic acids is 1. The van der Waals surface area contributed by atoms with E-state index in [1.54, 1.807) is 31.7 Å². The van der Waals surface area contributed by atoms with Crippen molar-refractivity contribution in [2.24, 2.45) is 41.2 Å². The van der Waals surface area contributed by atoms with Crippen molar-refractivity contribution in [1.29, 1.82) is 0 Å². The number of nitrogens with two attached hydrogens (primary N) is 1. The van der Waals surface area contributed by atoms with E-state index in [1.807, 2.05) is 34.6 Å². The number of amides is 2. The molecule has 11 atom stereocenters. The first-order valence-electron chi connectivity index (χ1n) is 37.1. The molecule has 7 rings (SSSR count). The maximum Gasteiger partial charge on any atom is 0.338 e. The molecule has 21 nitrogen and oxygen atoms in total. The summed E-state index contributed by atoms with van der Waals surface area (Å²) in [6, 6.07) is -0.190. The van der Waals surface area contributed by atoms with Crippen molar-refractivity contribution in [2.45, 2.75) is 320 Å². The van der Waals surface area contributed by atoms with Gasteiger partial charge >= 0.3 is 29.8 Å². The number of carboxylic acid groups (broad SMARTS) is 1. The largest absolute Gasteiger partial charge is 0.481 e. The fourth-order valence-corrected chi connectivity index (χ4v) is 14.1. The van der Waals surface area contributed by atoms with Gasteiger partial charge in [-0.05, 0) is 115 Å². The Kier molecular flexibility index (Phi) is 40.4. The van der Waals surface area contributed by atoms with Crippen molar-refractivity contribution in [3.05, 3.63) is 37.4 Å². The van der Waals surface area contributed by atoms with Crippen LogP contribution in [0.15, 0.2) is 37.4 Å². The highest BCUT2D eigenvalue weighted by molar-refractivity contribution is 5.87. The van der Waals surface area contributed by atoms with Crippen molar-refractivity contribution in [2.75, 3.05) is 19.6 Å². The predicted molar refractivity (Wildman–Crippen MR) is 365 cm³/mol. The van der Waals surface area contributed by atoms with E-state index in [-0.39, 0.29) is 116 Å². The van der Waals surface area contributed by atoms with Crippen LogP contribution in [0.25, 0.3) is 0 Å². The van der Waals surface area contributed by atoms with Crippen LogP contribution in [-0.4, -0.2) is 154 Å². The van der Waals surface area contributed by atoms with Crippen LogP contribution in [0.1, 0.15) is 273 Å². The summed E-state index contributed by atoms with van der Waals surface area (Å²) >= 11 is 0. The van der Waals surface area contributed by atoms with E-state index in [0.717, 1.165) is 83.6 Å². The number of Topliss-reactive ketones (excluding diaryl/α,β-unsaturated/α-hetero) is 4. The molecule has 4 heterocycles. The Morgan fingerprint density at radius 2 is 0.930 bits per heavy atom. The lowest BCUT2D eigenvalue weighted by atomic mass is 9.81. The maximum atomic E-state index is 14.5. The van der Waals surface area contributed by atoms with Crippen LogP contribution in [0.4, 0.5) is 31.1 Å². The Bertz CT molecular complexity index is 2690. The standard InChI is InChI=1S/2C22H37F2NO4.C20H32F2O5.C7H6N4O.C2H7N/c1-3-5-13-21(23,24)22(28)14-12-17-16(18(26)15-19(17)29-22)10-8-6-7-9-11-20(27)25-4-2;1-3-5-14-22(23,24)20(28)13-12-17-16(18(26)15-19(17)27)10-8-6-7-9-11-21(29)25-4-2;1-2-3-11-19(21,22)20(26)12-10-15-14(16(23)13-17(15)27-20)8-6-4-5-7-9-18(24)25;12-7(10-3-1-8-5-10)11-4-2-9-6-11;1-2-3/h16-17,19,28H,3-15H2,1-2H3,(H,25,27);16-17,19,27H,3-15H2,1-2H3,(H,25,29);14-15,17,26H,2-13H2,1H3,(H,24,25);1-6H;2-3H2,1H3/t16-,17-,19-,22?;16-,17+,19-;14-,15-,17-,20-;;/m111../s1. The molecule has 3 saturated carbocycles. The average Bonchev–Trinajstić information content (AvgIpc) is 1.56. The molecular formula is C73H119F6N7O14. The van der Waals surface area contributed by atoms with Gasteiger partial charge in [0.2, 0.25) is 29.2 Å². The number of carbonyl (C=O) groups excluding carboxylic acids is 7. The highest BCUT2D eigenvalue weighted by Crippen LogP contribution is 2.51. The number of ketones is 4. The predicted octanol–water partition coefficient (Wildman–Crippen LogP) is 13.4. The molecular weight excluding hydrogens is 1310 g/mol. The molecule has 27 heteroatoms. The van der Waals surface area contributed by atoms with Gasteiger partial charge in [0.15, 0.2) is 0 Å². The molecule has 2 amide bonds. The molecule has 0 radical (unpaired) electrons. The number of aliphatic carboxylic acids is 1. The number of fused-ring (bicyclic) bond motifs is 2. The van der Waals surface area contributed by atoms with E-state index in [0.29, 0.717) is 96.6 Å². The number of rotatable bonds is 38. The van der Waals surface area contributed by atoms with E-state index in [1.165, 1.54) is 21.8 Å². The molecule has 2 saturated heterocycles. The summed E-state index contributed by atoms with van der Waals surface area (Å²) in [5.41, 5.74) is 4.85. The zero-order valence-electron chi connectivity index (χ0n) is 60.2. The van der Waals surface area contributed by atoms with Gasteiger partial charge in [0.25, 0.3) is 0 Å². The van der Waals surface area contributed by atoms with Crippen molar-refractivity contribution < 1.29 is 94.6 Å². The smallest absolute Gasteiger partial charge is 0.338 e. The molecule has 2 aromatic heterocycles. The van der Waals surface area contributed by atoms with Gasteiger partial charge in [0.05, 0.1) is 18.3 Å². The van der Waals surface area contributed by atoms with Gasteiger partial charge in [0.1, 0.15) is 30.0 Å². The zero-order chi connectivity index (χ0) is 74.5. The third-order valence-electron chi connectivity index (χ3n) is 19.8. The fourth-order valence-electron chi connectivity index (χ4n) is 14.1. The minimum atomic E-state index is -3.32. The second kappa shape index (κ2) is 45.6. The third-order valence-corrected chi connectivity index (χ3v) is 19.8. The Hall–Kier alpha value is -5.48. The van der Waals surface area contributed by atoms with Gasteiger partial charge in [-0.1, -0.05) is 105 Å². The van der Waals surface area contributed by atoms with Crippen molar-refractivity contribution in [3.8, 4) is 0 Å². The first kappa shape index (κ1) is 88.7. The van der Waals surface area contributed by atoms with E-state index in [9.17, 15) is 80.0 Å². The number of aliphatic hydroxyl groups is 3. The molecule has 0 bridgehead atoms. The second-order valence-electron chi connectivity index (χ2n) is 27.5. The van der Waals surface area contributed by atoms with Crippen molar-refractivity contribution >= 4 is 46.9 Å². The van der Waals surface area contributed by atoms with Gasteiger partial charge in [-0.2, -0.15) is 8.78 Å². The highest BCUT2D eigenvalue weighted by atomic mass is 19.3. The molecule has 100 heavy (non-hydrogen) atoms. The van der Waals surface area contributed by atoms with Gasteiger partial charge < -0.3 is 46.3 Å². The summed E-state index contributed by atoms with van der Waals surface area (Å²) in [7, 11) is 0. The lowest BCUT2D eigenvalue weighted by molar-refractivity contribution is -0.356. The summed E-state index contributed by atoms with van der Waals surface area (Å²) < 4.78 is 99.2. The minimum Gasteiger partial charge on any atom is -0.481 e. The monoisotopic (exact) mass is 1430 g/mol. The van der Waals surface area contributed by atoms with E-state index >= 15 is 0 Å². The van der Waals surface area contributed by atoms with Gasteiger partial charge in [-0.15, -0.1) is 0 Å². The molecule has 0 spiro atoms. The van der Waals surface area contributed by atoms with Crippen molar-refractivity contribution in [3.63, 3.8) is 0 Å². The van der Waals surface area contributed by atoms with Crippen LogP contribution in [-0.2, 0) is 43.0 Å². The zero-order valence-corrected chi connectivity index (χ0v) is 60.2. The topological polar surface area (TPSA) is 322 Å². The van der Waals surface area contributed by atoms with Crippen LogP contribution in [0.5, 0.6) is 0 Å². The summed E-state index contributed by atoms with van der Waals surface area (Å²) in [5, 5.41) is 45.2. The summed E-state index contributed by atoms with van der Waals surface area (Å²) in [6.07, 6.45) is 22.5. The maximum absolute atomic E-state index is 14.5. The molecule has 0 aromatic carbocycles. The number of aliphatic hydroxyl groups excluding tert-OH is 1. The Balaban J connectivity index is 0.000000353. The molecule has 5 fully saturated rings. The number of aromatic nitrogens is 4. The summed E-state index contributed by atoms with van der Waals surface area (Å²) in [6.45, 7) is 13.1. The van der Waals surface area contributed by atoms with E-state index in [4.69, 9.17) is 20.3 Å². The van der Waals surface area contributed by atoms with Crippen LogP contribution in [0.2, 0.25) is 0 Å². The molecule has 3 aliphatic carbocycles. The fraction of sp³-hybridized carbons (Fsp3) is 0.808. The van der Waals surface area contributed by atoms with Crippen LogP contribution in [0, 0.1) is 35.5 Å². The molecule has 8 N–H and O–H groups in total. The van der Waals surface area contributed by atoms with Gasteiger partial charge in [-0.25, -0.2) is 32.3 Å². The van der Waals surface area contributed by atoms with Crippen LogP contribution >= 0.6 is 0 Å². The quantitative estimate of drug-likeness (QED) is 0.0243. The lowest BCUT2D eigenvalue weighted by Crippen LogP contribution is -2.55. The van der Waals surface area contributed by atoms with E-state index < -0.39 is 84.6 Å². The third kappa shape index (κ3) is 29.0. The number of unbranched alkanes of at least 4 members (excludes halogenated alkanes) is 12. The first-order valence-corrected chi connectivity index (χ1v) is 37.1. The average molecular weight is 1430 g/mol. The number of halogens is 6. The van der Waals surface area contributed by atoms with Crippen molar-refractivity contribution in [1.82, 2.24) is 29.7 Å². The Labute approximate surface area is 587 Å². The molecule has 5 aliphatic rings. The van der Waals surface area contributed by atoms with Gasteiger partial charge in [0, 0.05) is 133 Å². The number of nitrogens with one attached hydrogen (secondary N) is 2. The number of nitrogens with zero attached hydrogens (tertiary/aromatic N) is 4. The van der Waals surface area contributed by atoms with Gasteiger partial charge in [-0.3, -0.25) is 42.7 Å². The minimum absolute atomic E-state index is 0.0324. The summed E-state index contributed by atoms with van der Waals surface area (Å²) in [4.78, 5) is 101. The first-order chi connectivity index (χ1) is 47.5. The SMILES string of the molecule is CCCCC(F)(F)C(=O)CC[C@@H]1[C@H](O)CC(=O)[C@@H]1CCCCCCC(=O)NCC.CCCCC(F)(F)C1(O)CC[C@H]2[C@@H](CC(=O)[C@@H]2CCCCCCC(=O)NCC)O1.CCCCC(F)(F)[C@@]1(O)CC[C@H]2[C@@H](CC(=O)[C@@H]2CCCCCCC(=O)O)O1.CCN.O=C(n1ccnc1)n1ccnc1. The Morgan fingerprint density at radius 1 is 0.550 bits per heavy atom. The number of ether oxygens (including phenoxy) is 2. The summed E-state index contributed by atoms with van der Waals surface area (Å²) in [5.74, 6) is -17.8. The van der Waals surface area contributed by atoms with Crippen LogP contribution < -0.4 is 16.4 Å². The number of imidazole rings is 2. The molecule has 572 valence electrons.